The Morgan fingerprint density at radius 2 is 2.32 bits per heavy atom. The molecule has 1 amide bonds. The second kappa shape index (κ2) is 6.12. The molecule has 0 spiro atoms. The number of hydrogen-bond acceptors (Lipinski definition) is 4. The van der Waals surface area contributed by atoms with Gasteiger partial charge in [-0.25, -0.2) is 0 Å². The normalized spacial score (nSPS) is 25.4. The lowest BCUT2D eigenvalue weighted by atomic mass is 10.1. The van der Waals surface area contributed by atoms with E-state index >= 15 is 0 Å². The number of carbonyl (C=O) groups excluding carboxylic acids is 1. The van der Waals surface area contributed by atoms with E-state index in [0.717, 1.165) is 18.5 Å². The molecule has 2 N–H and O–H groups in total. The summed E-state index contributed by atoms with van der Waals surface area (Å²) >= 11 is 0. The molecular formula is C14H22N4O. The van der Waals surface area contributed by atoms with Gasteiger partial charge in [0.05, 0.1) is 0 Å². The zero-order chi connectivity index (χ0) is 13.8. The molecular weight excluding hydrogens is 240 g/mol. The Hall–Kier alpha value is -1.46. The molecule has 0 saturated carbocycles. The van der Waals surface area contributed by atoms with Gasteiger partial charge in [0, 0.05) is 38.1 Å². The summed E-state index contributed by atoms with van der Waals surface area (Å²) in [7, 11) is 1.97. The Kier molecular flexibility index (Phi) is 4.50. The van der Waals surface area contributed by atoms with E-state index in [1.165, 1.54) is 0 Å². The number of nitrogens with zero attached hydrogens (tertiary/aromatic N) is 3. The second-order valence-electron chi connectivity index (χ2n) is 5.20. The van der Waals surface area contributed by atoms with E-state index in [-0.39, 0.29) is 18.0 Å². The number of likely N-dealkylation sites (N-methyl/N-ethyl adjacent to an activating group) is 1. The van der Waals surface area contributed by atoms with Crippen molar-refractivity contribution in [2.24, 2.45) is 5.73 Å². The van der Waals surface area contributed by atoms with Crippen molar-refractivity contribution in [1.82, 2.24) is 14.8 Å². The first-order valence-corrected chi connectivity index (χ1v) is 6.73. The SMILES string of the molecule is CC1CCN(C)C(CN)C(=O)N1Cc1cccnc1. The molecule has 1 aromatic heterocycles. The minimum Gasteiger partial charge on any atom is -0.334 e. The smallest absolute Gasteiger partial charge is 0.241 e. The van der Waals surface area contributed by atoms with E-state index in [9.17, 15) is 4.79 Å². The van der Waals surface area contributed by atoms with E-state index in [2.05, 4.69) is 16.8 Å². The molecule has 5 nitrogen and oxygen atoms in total. The van der Waals surface area contributed by atoms with Crippen molar-refractivity contribution in [1.29, 1.82) is 0 Å². The molecule has 5 heteroatoms. The zero-order valence-electron chi connectivity index (χ0n) is 11.6. The van der Waals surface area contributed by atoms with E-state index < -0.39 is 0 Å². The third kappa shape index (κ3) is 3.11. The minimum absolute atomic E-state index is 0.124. The second-order valence-corrected chi connectivity index (χ2v) is 5.20. The Balaban J connectivity index is 2.18. The number of carbonyl (C=O) groups is 1. The van der Waals surface area contributed by atoms with Crippen molar-refractivity contribution in [2.75, 3.05) is 20.1 Å². The van der Waals surface area contributed by atoms with Crippen LogP contribution in [-0.2, 0) is 11.3 Å². The molecule has 19 heavy (non-hydrogen) atoms. The van der Waals surface area contributed by atoms with Crippen LogP contribution in [0.3, 0.4) is 0 Å². The maximum atomic E-state index is 12.6. The number of hydrogen-bond donors (Lipinski definition) is 1. The molecule has 1 saturated heterocycles. The fraction of sp³-hybridized carbons (Fsp3) is 0.571. The average molecular weight is 262 g/mol. The fourth-order valence-electron chi connectivity index (χ4n) is 2.50. The number of amides is 1. The standard InChI is InChI=1S/C14H22N4O/c1-11-5-7-17(2)13(8-15)14(19)18(11)10-12-4-3-6-16-9-12/h3-4,6,9,11,13H,5,7-8,10,15H2,1-2H3. The summed E-state index contributed by atoms with van der Waals surface area (Å²) in [5, 5.41) is 0. The molecule has 1 fully saturated rings. The van der Waals surface area contributed by atoms with E-state index in [0.29, 0.717) is 13.1 Å². The summed E-state index contributed by atoms with van der Waals surface area (Å²) < 4.78 is 0. The number of aromatic nitrogens is 1. The average Bonchev–Trinajstić information content (AvgIpc) is 2.52. The third-order valence-electron chi connectivity index (χ3n) is 3.83. The molecule has 0 aromatic carbocycles. The van der Waals surface area contributed by atoms with Gasteiger partial charge in [-0.1, -0.05) is 6.07 Å². The predicted octanol–water partition coefficient (Wildman–Crippen LogP) is 0.462. The zero-order valence-corrected chi connectivity index (χ0v) is 11.6. The van der Waals surface area contributed by atoms with Crippen molar-refractivity contribution >= 4 is 5.91 Å². The van der Waals surface area contributed by atoms with Crippen LogP contribution in [-0.4, -0.2) is 52.9 Å². The molecule has 104 valence electrons. The van der Waals surface area contributed by atoms with Crippen molar-refractivity contribution in [2.45, 2.75) is 32.0 Å². The van der Waals surface area contributed by atoms with Gasteiger partial charge in [-0.05, 0) is 32.0 Å². The highest BCUT2D eigenvalue weighted by atomic mass is 16.2. The van der Waals surface area contributed by atoms with Gasteiger partial charge in [-0.3, -0.25) is 14.7 Å². The highest BCUT2D eigenvalue weighted by Gasteiger charge is 2.32. The Morgan fingerprint density at radius 1 is 1.53 bits per heavy atom. The first-order valence-electron chi connectivity index (χ1n) is 6.73. The topological polar surface area (TPSA) is 62.5 Å². The first-order chi connectivity index (χ1) is 9.13. The molecule has 2 unspecified atom stereocenters. The highest BCUT2D eigenvalue weighted by Crippen LogP contribution is 2.17. The number of nitrogens with two attached hydrogens (primary N) is 1. The van der Waals surface area contributed by atoms with Crippen molar-refractivity contribution in [3.63, 3.8) is 0 Å². The lowest BCUT2D eigenvalue weighted by Crippen LogP contribution is -2.49. The number of pyridine rings is 1. The predicted molar refractivity (Wildman–Crippen MR) is 74.3 cm³/mol. The summed E-state index contributed by atoms with van der Waals surface area (Å²) in [5.41, 5.74) is 6.81. The molecule has 2 rings (SSSR count). The van der Waals surface area contributed by atoms with Crippen LogP contribution in [0.4, 0.5) is 0 Å². The van der Waals surface area contributed by atoms with Crippen LogP contribution in [0.5, 0.6) is 0 Å². The van der Waals surface area contributed by atoms with Gasteiger partial charge >= 0.3 is 0 Å². The van der Waals surface area contributed by atoms with Gasteiger partial charge in [0.25, 0.3) is 0 Å². The Morgan fingerprint density at radius 3 is 2.95 bits per heavy atom. The van der Waals surface area contributed by atoms with Gasteiger partial charge < -0.3 is 10.6 Å². The molecule has 1 aliphatic heterocycles. The van der Waals surface area contributed by atoms with Crippen LogP contribution in [0.25, 0.3) is 0 Å². The van der Waals surface area contributed by atoms with Gasteiger partial charge in [-0.2, -0.15) is 0 Å². The molecule has 1 aromatic rings. The van der Waals surface area contributed by atoms with Crippen LogP contribution >= 0.6 is 0 Å². The van der Waals surface area contributed by atoms with Crippen molar-refractivity contribution in [3.05, 3.63) is 30.1 Å². The monoisotopic (exact) mass is 262 g/mol. The molecule has 0 radical (unpaired) electrons. The molecule has 0 aliphatic carbocycles. The quantitative estimate of drug-likeness (QED) is 0.859. The summed E-state index contributed by atoms with van der Waals surface area (Å²) in [5.74, 6) is 0.124. The lowest BCUT2D eigenvalue weighted by Gasteiger charge is -2.30. The Labute approximate surface area is 114 Å². The summed E-state index contributed by atoms with van der Waals surface area (Å²) in [4.78, 5) is 20.7. The maximum absolute atomic E-state index is 12.6. The largest absolute Gasteiger partial charge is 0.334 e. The van der Waals surface area contributed by atoms with Crippen LogP contribution in [0.1, 0.15) is 18.9 Å². The Bertz CT molecular complexity index is 423. The van der Waals surface area contributed by atoms with Gasteiger partial charge in [0.15, 0.2) is 0 Å². The molecule has 2 atom stereocenters. The van der Waals surface area contributed by atoms with Crippen LogP contribution in [0.2, 0.25) is 0 Å². The van der Waals surface area contributed by atoms with Gasteiger partial charge in [-0.15, -0.1) is 0 Å². The van der Waals surface area contributed by atoms with E-state index in [1.54, 1.807) is 6.20 Å². The van der Waals surface area contributed by atoms with Crippen LogP contribution < -0.4 is 5.73 Å². The highest BCUT2D eigenvalue weighted by molar-refractivity contribution is 5.82. The summed E-state index contributed by atoms with van der Waals surface area (Å²) in [6, 6.07) is 3.92. The third-order valence-corrected chi connectivity index (χ3v) is 3.83. The van der Waals surface area contributed by atoms with Crippen molar-refractivity contribution < 1.29 is 4.79 Å². The molecule has 2 heterocycles. The van der Waals surface area contributed by atoms with E-state index in [4.69, 9.17) is 5.73 Å². The van der Waals surface area contributed by atoms with Crippen molar-refractivity contribution in [3.8, 4) is 0 Å². The molecule has 1 aliphatic rings. The summed E-state index contributed by atoms with van der Waals surface area (Å²) in [6.45, 7) is 3.98. The number of rotatable bonds is 3. The minimum atomic E-state index is -0.207. The molecule has 0 bridgehead atoms. The van der Waals surface area contributed by atoms with Gasteiger partial charge in [0.1, 0.15) is 6.04 Å². The lowest BCUT2D eigenvalue weighted by molar-refractivity contribution is -0.137. The van der Waals surface area contributed by atoms with Crippen LogP contribution in [0.15, 0.2) is 24.5 Å². The van der Waals surface area contributed by atoms with Gasteiger partial charge in [0.2, 0.25) is 5.91 Å². The maximum Gasteiger partial charge on any atom is 0.241 e. The van der Waals surface area contributed by atoms with Crippen LogP contribution in [0, 0.1) is 0 Å². The summed E-state index contributed by atoms with van der Waals surface area (Å²) in [6.07, 6.45) is 4.53. The van der Waals surface area contributed by atoms with E-state index in [1.807, 2.05) is 30.3 Å². The first kappa shape index (κ1) is 14.0. The fourth-order valence-corrected chi connectivity index (χ4v) is 2.50.